The number of hydrogen-bond donors (Lipinski definition) is 4. The Hall–Kier alpha value is -2.24. The first kappa shape index (κ1) is 15.8. The Bertz CT molecular complexity index is 462. The molecule has 6 heteroatoms. The van der Waals surface area contributed by atoms with E-state index in [0.717, 1.165) is 5.56 Å². The molecule has 0 saturated heterocycles. The normalized spacial score (nSPS) is 11.7. The van der Waals surface area contributed by atoms with E-state index in [1.54, 1.807) is 13.0 Å². The lowest BCUT2D eigenvalue weighted by atomic mass is 10.00. The van der Waals surface area contributed by atoms with Gasteiger partial charge in [-0.2, -0.15) is 0 Å². The molecule has 0 aliphatic carbocycles. The molecular weight excluding hydrogens is 260 g/mol. The topological polar surface area (TPSA) is 98.7 Å². The summed E-state index contributed by atoms with van der Waals surface area (Å²) in [5.74, 6) is -0.676. The van der Waals surface area contributed by atoms with Gasteiger partial charge in [0.1, 0.15) is 0 Å². The van der Waals surface area contributed by atoms with Crippen molar-refractivity contribution in [2.75, 3.05) is 13.1 Å². The molecule has 1 aromatic carbocycles. The largest absolute Gasteiger partial charge is 0.504 e. The maximum atomic E-state index is 11.8. The maximum absolute atomic E-state index is 11.8. The van der Waals surface area contributed by atoms with Crippen LogP contribution in [-0.4, -0.2) is 35.6 Å². The summed E-state index contributed by atoms with van der Waals surface area (Å²) in [6.45, 7) is 2.83. The minimum atomic E-state index is -0.238. The summed E-state index contributed by atoms with van der Waals surface area (Å²) >= 11 is 0. The third-order valence-corrected chi connectivity index (χ3v) is 2.91. The van der Waals surface area contributed by atoms with E-state index in [1.165, 1.54) is 12.1 Å². The molecule has 0 bridgehead atoms. The van der Waals surface area contributed by atoms with Gasteiger partial charge in [0, 0.05) is 19.0 Å². The fourth-order valence-electron chi connectivity index (χ4n) is 1.78. The molecule has 0 aromatic heterocycles. The van der Waals surface area contributed by atoms with E-state index in [4.69, 9.17) is 0 Å². The Morgan fingerprint density at radius 2 is 2.05 bits per heavy atom. The molecule has 4 N–H and O–H groups in total. The molecule has 0 saturated carbocycles. The molecule has 0 fully saturated rings. The molecule has 0 aliphatic heterocycles. The lowest BCUT2D eigenvalue weighted by Crippen LogP contribution is -2.32. The molecule has 1 unspecified atom stereocenters. The predicted molar refractivity (Wildman–Crippen MR) is 74.3 cm³/mol. The van der Waals surface area contributed by atoms with Gasteiger partial charge in [0.05, 0.1) is 0 Å². The fraction of sp³-hybridized carbons (Fsp3) is 0.429. The van der Waals surface area contributed by atoms with Crippen molar-refractivity contribution in [3.8, 4) is 11.5 Å². The van der Waals surface area contributed by atoms with Crippen LogP contribution in [0.4, 0.5) is 0 Å². The van der Waals surface area contributed by atoms with E-state index in [2.05, 4.69) is 10.6 Å². The van der Waals surface area contributed by atoms with Gasteiger partial charge in [-0.1, -0.05) is 13.0 Å². The van der Waals surface area contributed by atoms with Gasteiger partial charge in [-0.05, 0) is 30.5 Å². The van der Waals surface area contributed by atoms with Gasteiger partial charge in [-0.25, -0.2) is 0 Å². The smallest absolute Gasteiger partial charge is 0.223 e. The Morgan fingerprint density at radius 3 is 2.70 bits per heavy atom. The standard InChI is InChI=1S/C14H20N2O4/c1-10(14(20)16-6-2-5-15-9-17)7-11-3-4-12(18)13(19)8-11/h3-4,8-10,18-19H,2,5-7H2,1H3,(H,15,17)(H,16,20). The summed E-state index contributed by atoms with van der Waals surface area (Å²) in [6, 6.07) is 4.53. The molecule has 2 amide bonds. The van der Waals surface area contributed by atoms with Crippen molar-refractivity contribution in [2.24, 2.45) is 5.92 Å². The number of rotatable bonds is 8. The lowest BCUT2D eigenvalue weighted by Gasteiger charge is -2.12. The van der Waals surface area contributed by atoms with Gasteiger partial charge in [-0.3, -0.25) is 9.59 Å². The molecule has 110 valence electrons. The quantitative estimate of drug-likeness (QED) is 0.317. The summed E-state index contributed by atoms with van der Waals surface area (Å²) < 4.78 is 0. The van der Waals surface area contributed by atoms with Crippen molar-refractivity contribution in [1.29, 1.82) is 0 Å². The highest BCUT2D eigenvalue weighted by molar-refractivity contribution is 5.78. The van der Waals surface area contributed by atoms with Crippen LogP contribution in [0, 0.1) is 5.92 Å². The number of benzene rings is 1. The first-order valence-corrected chi connectivity index (χ1v) is 6.50. The average Bonchev–Trinajstić information content (AvgIpc) is 2.42. The average molecular weight is 280 g/mol. The number of carbonyl (C=O) groups is 2. The van der Waals surface area contributed by atoms with E-state index in [-0.39, 0.29) is 23.3 Å². The number of carbonyl (C=O) groups excluding carboxylic acids is 2. The zero-order chi connectivity index (χ0) is 15.0. The van der Waals surface area contributed by atoms with E-state index in [1.807, 2.05) is 0 Å². The second-order valence-electron chi connectivity index (χ2n) is 4.64. The van der Waals surface area contributed by atoms with Crippen LogP contribution in [0.5, 0.6) is 11.5 Å². The highest BCUT2D eigenvalue weighted by Gasteiger charge is 2.13. The van der Waals surface area contributed by atoms with Gasteiger partial charge in [0.2, 0.25) is 12.3 Å². The van der Waals surface area contributed by atoms with Crippen LogP contribution in [0.15, 0.2) is 18.2 Å². The third-order valence-electron chi connectivity index (χ3n) is 2.91. The van der Waals surface area contributed by atoms with Crippen LogP contribution in [0.2, 0.25) is 0 Å². The van der Waals surface area contributed by atoms with Crippen LogP contribution < -0.4 is 10.6 Å². The van der Waals surface area contributed by atoms with E-state index in [0.29, 0.717) is 32.3 Å². The summed E-state index contributed by atoms with van der Waals surface area (Å²) in [5.41, 5.74) is 0.783. The van der Waals surface area contributed by atoms with Crippen LogP contribution in [-0.2, 0) is 16.0 Å². The second-order valence-corrected chi connectivity index (χ2v) is 4.64. The molecule has 6 nitrogen and oxygen atoms in total. The molecule has 0 spiro atoms. The van der Waals surface area contributed by atoms with Crippen molar-refractivity contribution in [1.82, 2.24) is 10.6 Å². The minimum absolute atomic E-state index is 0.0799. The van der Waals surface area contributed by atoms with E-state index in [9.17, 15) is 19.8 Å². The number of nitrogens with one attached hydrogen (secondary N) is 2. The summed E-state index contributed by atoms with van der Waals surface area (Å²) in [7, 11) is 0. The number of phenolic OH excluding ortho intramolecular Hbond substituents is 2. The minimum Gasteiger partial charge on any atom is -0.504 e. The van der Waals surface area contributed by atoms with Crippen LogP contribution in [0.1, 0.15) is 18.9 Å². The molecule has 0 heterocycles. The van der Waals surface area contributed by atoms with Gasteiger partial charge < -0.3 is 20.8 Å². The molecule has 1 atom stereocenters. The molecule has 0 aliphatic rings. The van der Waals surface area contributed by atoms with E-state index < -0.39 is 0 Å². The van der Waals surface area contributed by atoms with Crippen LogP contribution in [0.25, 0.3) is 0 Å². The second kappa shape index (κ2) is 8.04. The van der Waals surface area contributed by atoms with Crippen LogP contribution in [0.3, 0.4) is 0 Å². The SMILES string of the molecule is CC(Cc1ccc(O)c(O)c1)C(=O)NCCCNC=O. The highest BCUT2D eigenvalue weighted by atomic mass is 16.3. The zero-order valence-electron chi connectivity index (χ0n) is 11.4. The van der Waals surface area contributed by atoms with Gasteiger partial charge in [0.25, 0.3) is 0 Å². The molecule has 20 heavy (non-hydrogen) atoms. The zero-order valence-corrected chi connectivity index (χ0v) is 11.4. The Morgan fingerprint density at radius 1 is 1.30 bits per heavy atom. The number of aromatic hydroxyl groups is 2. The monoisotopic (exact) mass is 280 g/mol. The number of amides is 2. The van der Waals surface area contributed by atoms with E-state index >= 15 is 0 Å². The predicted octanol–water partition coefficient (Wildman–Crippen LogP) is 0.529. The molecule has 1 aromatic rings. The fourth-order valence-corrected chi connectivity index (χ4v) is 1.78. The van der Waals surface area contributed by atoms with Gasteiger partial charge >= 0.3 is 0 Å². The van der Waals surface area contributed by atoms with Crippen LogP contribution >= 0.6 is 0 Å². The maximum Gasteiger partial charge on any atom is 0.223 e. The molecule has 0 radical (unpaired) electrons. The van der Waals surface area contributed by atoms with Gasteiger partial charge in [-0.15, -0.1) is 0 Å². The Balaban J connectivity index is 2.37. The lowest BCUT2D eigenvalue weighted by molar-refractivity contribution is -0.124. The van der Waals surface area contributed by atoms with Crippen molar-refractivity contribution < 1.29 is 19.8 Å². The Labute approximate surface area is 117 Å². The molecular formula is C14H20N2O4. The van der Waals surface area contributed by atoms with Gasteiger partial charge in [0.15, 0.2) is 11.5 Å². The first-order chi connectivity index (χ1) is 9.54. The summed E-state index contributed by atoms with van der Waals surface area (Å²) in [4.78, 5) is 21.8. The molecule has 1 rings (SSSR count). The van der Waals surface area contributed by atoms with Crippen molar-refractivity contribution >= 4 is 12.3 Å². The van der Waals surface area contributed by atoms with Crippen molar-refractivity contribution in [3.05, 3.63) is 23.8 Å². The Kier molecular flexibility index (Phi) is 6.36. The third kappa shape index (κ3) is 5.17. The first-order valence-electron chi connectivity index (χ1n) is 6.50. The van der Waals surface area contributed by atoms with Crippen molar-refractivity contribution in [2.45, 2.75) is 19.8 Å². The van der Waals surface area contributed by atoms with Crippen molar-refractivity contribution in [3.63, 3.8) is 0 Å². The summed E-state index contributed by atoms with van der Waals surface area (Å²) in [5, 5.41) is 23.9. The number of phenols is 2. The number of hydrogen-bond acceptors (Lipinski definition) is 4. The highest BCUT2D eigenvalue weighted by Crippen LogP contribution is 2.25. The summed E-state index contributed by atoms with van der Waals surface area (Å²) in [6.07, 6.45) is 1.78.